The van der Waals surface area contributed by atoms with Crippen LogP contribution in [-0.2, 0) is 9.59 Å². The molecular weight excluding hydrogens is 463 g/mol. The van der Waals surface area contributed by atoms with E-state index in [-0.39, 0.29) is 23.8 Å². The average molecular weight is 495 g/mol. The van der Waals surface area contributed by atoms with Crippen molar-refractivity contribution in [2.45, 2.75) is 38.6 Å². The van der Waals surface area contributed by atoms with Gasteiger partial charge in [0.25, 0.3) is 5.91 Å². The van der Waals surface area contributed by atoms with E-state index in [2.05, 4.69) is 4.90 Å². The van der Waals surface area contributed by atoms with Crippen molar-refractivity contribution in [1.82, 2.24) is 19.6 Å². The molecular formula is C24H32Cl2N4O3. The van der Waals surface area contributed by atoms with E-state index < -0.39 is 0 Å². The molecule has 1 aromatic carbocycles. The van der Waals surface area contributed by atoms with Gasteiger partial charge in [-0.05, 0) is 37.0 Å². The van der Waals surface area contributed by atoms with Crippen LogP contribution in [0, 0.1) is 5.92 Å². The highest BCUT2D eigenvalue weighted by Crippen LogP contribution is 2.32. The lowest BCUT2D eigenvalue weighted by molar-refractivity contribution is -0.144. The van der Waals surface area contributed by atoms with E-state index in [1.165, 1.54) is 12.8 Å². The number of halogens is 2. The number of rotatable bonds is 4. The maximum atomic E-state index is 13.6. The fourth-order valence-corrected chi connectivity index (χ4v) is 5.88. The summed E-state index contributed by atoms with van der Waals surface area (Å²) in [6.45, 7) is 6.42. The predicted molar refractivity (Wildman–Crippen MR) is 129 cm³/mol. The zero-order valence-electron chi connectivity index (χ0n) is 19.1. The van der Waals surface area contributed by atoms with Crippen molar-refractivity contribution < 1.29 is 14.4 Å². The van der Waals surface area contributed by atoms with Crippen LogP contribution in [0.4, 0.5) is 0 Å². The second-order valence-electron chi connectivity index (χ2n) is 9.27. The maximum Gasteiger partial charge on any atom is 0.255 e. The summed E-state index contributed by atoms with van der Waals surface area (Å²) in [6, 6.07) is 4.79. The number of piperazine rings is 2. The maximum absolute atomic E-state index is 13.6. The predicted octanol–water partition coefficient (Wildman–Crippen LogP) is 3.00. The van der Waals surface area contributed by atoms with Crippen LogP contribution in [0.2, 0.25) is 10.0 Å². The quantitative estimate of drug-likeness (QED) is 0.645. The van der Waals surface area contributed by atoms with E-state index in [0.29, 0.717) is 73.9 Å². The molecule has 1 atom stereocenters. The lowest BCUT2D eigenvalue weighted by Crippen LogP contribution is -2.60. The third-order valence-electron chi connectivity index (χ3n) is 7.29. The fraction of sp³-hybridized carbons (Fsp3) is 0.625. The molecule has 180 valence electrons. The Kier molecular flexibility index (Phi) is 7.82. The number of hydrogen-bond acceptors (Lipinski definition) is 4. The molecule has 1 saturated carbocycles. The van der Waals surface area contributed by atoms with Crippen molar-refractivity contribution in [3.05, 3.63) is 33.8 Å². The van der Waals surface area contributed by atoms with Gasteiger partial charge in [-0.1, -0.05) is 36.0 Å². The Balaban J connectivity index is 1.41. The van der Waals surface area contributed by atoms with Crippen molar-refractivity contribution in [1.29, 1.82) is 0 Å². The summed E-state index contributed by atoms with van der Waals surface area (Å²) < 4.78 is 0. The van der Waals surface area contributed by atoms with Crippen molar-refractivity contribution in [2.75, 3.05) is 52.4 Å². The molecule has 3 amide bonds. The van der Waals surface area contributed by atoms with Gasteiger partial charge in [-0.3, -0.25) is 19.3 Å². The Morgan fingerprint density at radius 2 is 1.42 bits per heavy atom. The molecule has 0 aromatic heterocycles. The number of nitrogens with zero attached hydrogens (tertiary/aromatic N) is 4. The number of benzene rings is 1. The number of carbonyl (C=O) groups excluding carboxylic acids is 3. The molecule has 1 aromatic rings. The Morgan fingerprint density at radius 3 is 2.00 bits per heavy atom. The van der Waals surface area contributed by atoms with Crippen LogP contribution in [0.25, 0.3) is 0 Å². The fourth-order valence-electron chi connectivity index (χ4n) is 5.39. The van der Waals surface area contributed by atoms with Crippen LogP contribution in [0.15, 0.2) is 18.2 Å². The van der Waals surface area contributed by atoms with Crippen molar-refractivity contribution in [3.8, 4) is 0 Å². The van der Waals surface area contributed by atoms with E-state index in [0.717, 1.165) is 12.8 Å². The number of hydrogen-bond donors (Lipinski definition) is 0. The summed E-state index contributed by atoms with van der Waals surface area (Å²) in [7, 11) is 0. The van der Waals surface area contributed by atoms with Gasteiger partial charge in [0.2, 0.25) is 11.8 Å². The van der Waals surface area contributed by atoms with Gasteiger partial charge in [-0.25, -0.2) is 0 Å². The summed E-state index contributed by atoms with van der Waals surface area (Å²) in [5, 5.41) is 0.863. The first-order valence-electron chi connectivity index (χ1n) is 11.9. The summed E-state index contributed by atoms with van der Waals surface area (Å²) >= 11 is 12.2. The second kappa shape index (κ2) is 10.6. The van der Waals surface area contributed by atoms with Gasteiger partial charge in [0.1, 0.15) is 0 Å². The van der Waals surface area contributed by atoms with E-state index in [9.17, 15) is 14.4 Å². The van der Waals surface area contributed by atoms with Gasteiger partial charge in [-0.15, -0.1) is 0 Å². The monoisotopic (exact) mass is 494 g/mol. The van der Waals surface area contributed by atoms with Crippen molar-refractivity contribution >= 4 is 40.9 Å². The highest BCUT2D eigenvalue weighted by atomic mass is 35.5. The van der Waals surface area contributed by atoms with Gasteiger partial charge in [0, 0.05) is 64.3 Å². The van der Waals surface area contributed by atoms with Crippen LogP contribution in [0.3, 0.4) is 0 Å². The van der Waals surface area contributed by atoms with E-state index >= 15 is 0 Å². The molecule has 9 heteroatoms. The standard InChI is InChI=1S/C24H32Cl2N4O3/c1-17(31)27-8-12-30(13-9-27)24(33)22(18-4-2-3-5-18)28-10-14-29(15-11-28)23(32)20-7-6-19(25)16-21(20)26/h6-7,16,18,22H,2-5,8-15H2,1H3/t22-/m1/s1. The SMILES string of the molecule is CC(=O)N1CCN(C(=O)[C@@H](C2CCCC2)N2CCN(C(=O)c3ccc(Cl)cc3Cl)CC2)CC1. The molecule has 33 heavy (non-hydrogen) atoms. The van der Waals surface area contributed by atoms with Gasteiger partial charge >= 0.3 is 0 Å². The largest absolute Gasteiger partial charge is 0.339 e. The smallest absolute Gasteiger partial charge is 0.255 e. The first kappa shape index (κ1) is 24.3. The Labute approximate surface area is 205 Å². The summed E-state index contributed by atoms with van der Waals surface area (Å²) in [5.74, 6) is 0.512. The molecule has 0 bridgehead atoms. The topological polar surface area (TPSA) is 64.2 Å². The van der Waals surface area contributed by atoms with Crippen molar-refractivity contribution in [3.63, 3.8) is 0 Å². The average Bonchev–Trinajstić information content (AvgIpc) is 3.33. The highest BCUT2D eigenvalue weighted by Gasteiger charge is 2.40. The van der Waals surface area contributed by atoms with E-state index in [1.54, 1.807) is 30.0 Å². The minimum absolute atomic E-state index is 0.0658. The number of carbonyl (C=O) groups is 3. The third kappa shape index (κ3) is 5.47. The van der Waals surface area contributed by atoms with Gasteiger partial charge in [-0.2, -0.15) is 0 Å². The first-order valence-corrected chi connectivity index (χ1v) is 12.6. The molecule has 2 aliphatic heterocycles. The van der Waals surface area contributed by atoms with Crippen LogP contribution < -0.4 is 0 Å². The van der Waals surface area contributed by atoms with Gasteiger partial charge in [0.15, 0.2) is 0 Å². The molecule has 7 nitrogen and oxygen atoms in total. The summed E-state index contributed by atoms with van der Waals surface area (Å²) in [6.07, 6.45) is 4.48. The van der Waals surface area contributed by atoms with Crippen LogP contribution in [0.5, 0.6) is 0 Å². The van der Waals surface area contributed by atoms with Gasteiger partial charge < -0.3 is 14.7 Å². The minimum atomic E-state index is -0.146. The Bertz CT molecular complexity index is 890. The molecule has 4 rings (SSSR count). The molecule has 0 N–H and O–H groups in total. The molecule has 2 heterocycles. The molecule has 0 unspecified atom stereocenters. The highest BCUT2D eigenvalue weighted by molar-refractivity contribution is 6.36. The lowest BCUT2D eigenvalue weighted by atomic mass is 9.94. The third-order valence-corrected chi connectivity index (χ3v) is 7.84. The Morgan fingerprint density at radius 1 is 0.848 bits per heavy atom. The zero-order valence-corrected chi connectivity index (χ0v) is 20.7. The molecule has 3 fully saturated rings. The first-order chi connectivity index (χ1) is 15.8. The molecule has 3 aliphatic rings. The Hall–Kier alpha value is -1.83. The van der Waals surface area contributed by atoms with Gasteiger partial charge in [0.05, 0.1) is 16.6 Å². The molecule has 1 aliphatic carbocycles. The number of amides is 3. The second-order valence-corrected chi connectivity index (χ2v) is 10.1. The molecule has 0 spiro atoms. The van der Waals surface area contributed by atoms with Crippen LogP contribution >= 0.6 is 23.2 Å². The van der Waals surface area contributed by atoms with Crippen molar-refractivity contribution in [2.24, 2.45) is 5.92 Å². The summed E-state index contributed by atoms with van der Waals surface area (Å²) in [4.78, 5) is 46.1. The zero-order chi connectivity index (χ0) is 23.5. The van der Waals surface area contributed by atoms with E-state index in [4.69, 9.17) is 23.2 Å². The van der Waals surface area contributed by atoms with Crippen LogP contribution in [0.1, 0.15) is 43.0 Å². The van der Waals surface area contributed by atoms with Crippen LogP contribution in [-0.4, -0.2) is 95.7 Å². The normalized spacial score (nSPS) is 21.4. The molecule has 2 saturated heterocycles. The minimum Gasteiger partial charge on any atom is -0.339 e. The van der Waals surface area contributed by atoms with E-state index in [1.807, 2.05) is 9.80 Å². The molecule has 0 radical (unpaired) electrons. The lowest BCUT2D eigenvalue weighted by Gasteiger charge is -2.44. The summed E-state index contributed by atoms with van der Waals surface area (Å²) in [5.41, 5.74) is 0.460.